The topological polar surface area (TPSA) is 55.7 Å². The molecule has 1 aliphatic heterocycles. The predicted molar refractivity (Wildman–Crippen MR) is 80.6 cm³/mol. The van der Waals surface area contributed by atoms with Gasteiger partial charge in [-0.25, -0.2) is 0 Å². The van der Waals surface area contributed by atoms with Gasteiger partial charge in [0.05, 0.1) is 12.2 Å². The molecular formula is C16H26N2O2. The molecule has 0 radical (unpaired) electrons. The Morgan fingerprint density at radius 3 is 2.70 bits per heavy atom. The van der Waals surface area contributed by atoms with Crippen LogP contribution in [-0.4, -0.2) is 53.9 Å². The van der Waals surface area contributed by atoms with Crippen LogP contribution in [0.5, 0.6) is 0 Å². The monoisotopic (exact) mass is 278 g/mol. The van der Waals surface area contributed by atoms with Crippen LogP contribution in [0.4, 0.5) is 0 Å². The highest BCUT2D eigenvalue weighted by molar-refractivity contribution is 5.21. The van der Waals surface area contributed by atoms with Gasteiger partial charge in [0.2, 0.25) is 0 Å². The van der Waals surface area contributed by atoms with E-state index < -0.39 is 5.60 Å². The fourth-order valence-electron chi connectivity index (χ4n) is 2.92. The lowest BCUT2D eigenvalue weighted by molar-refractivity contribution is 0.00929. The first kappa shape index (κ1) is 15.4. The van der Waals surface area contributed by atoms with E-state index in [0.29, 0.717) is 19.1 Å². The molecule has 0 amide bonds. The van der Waals surface area contributed by atoms with E-state index in [-0.39, 0.29) is 6.61 Å². The molecule has 0 aliphatic carbocycles. The van der Waals surface area contributed by atoms with Gasteiger partial charge in [-0.2, -0.15) is 0 Å². The van der Waals surface area contributed by atoms with Crippen molar-refractivity contribution in [3.63, 3.8) is 0 Å². The molecule has 0 bridgehead atoms. The van der Waals surface area contributed by atoms with E-state index in [4.69, 9.17) is 0 Å². The molecule has 4 heteroatoms. The van der Waals surface area contributed by atoms with Crippen LogP contribution < -0.4 is 5.32 Å². The molecule has 1 fully saturated rings. The third-order valence-corrected chi connectivity index (χ3v) is 3.98. The number of aliphatic hydroxyl groups is 2. The standard InChI is InChI=1S/C16H26N2O2/c1-16(20,14-6-3-2-4-7-14)13-18(10-11-19)12-15-8-5-9-17-15/h2-4,6-7,15,17,19-20H,5,8-13H2,1H3. The van der Waals surface area contributed by atoms with Crippen LogP contribution in [-0.2, 0) is 5.60 Å². The molecular weight excluding hydrogens is 252 g/mol. The number of nitrogens with one attached hydrogen (secondary N) is 1. The summed E-state index contributed by atoms with van der Waals surface area (Å²) in [6, 6.07) is 10.2. The fourth-order valence-corrected chi connectivity index (χ4v) is 2.92. The van der Waals surface area contributed by atoms with Crippen LogP contribution in [0, 0.1) is 0 Å². The number of nitrogens with zero attached hydrogens (tertiary/aromatic N) is 1. The largest absolute Gasteiger partial charge is 0.395 e. The van der Waals surface area contributed by atoms with Gasteiger partial charge in [0, 0.05) is 25.7 Å². The quantitative estimate of drug-likeness (QED) is 0.695. The van der Waals surface area contributed by atoms with E-state index in [0.717, 1.165) is 18.7 Å². The average molecular weight is 278 g/mol. The van der Waals surface area contributed by atoms with Crippen molar-refractivity contribution < 1.29 is 10.2 Å². The summed E-state index contributed by atoms with van der Waals surface area (Å²) in [5.41, 5.74) is 0.0250. The van der Waals surface area contributed by atoms with Crippen molar-refractivity contribution in [1.29, 1.82) is 0 Å². The number of rotatable bonds is 7. The molecule has 2 unspecified atom stereocenters. The summed E-state index contributed by atoms with van der Waals surface area (Å²) in [5, 5.41) is 23.4. The summed E-state index contributed by atoms with van der Waals surface area (Å²) in [6.45, 7) is 5.06. The zero-order valence-electron chi connectivity index (χ0n) is 12.3. The van der Waals surface area contributed by atoms with E-state index >= 15 is 0 Å². The fraction of sp³-hybridized carbons (Fsp3) is 0.625. The molecule has 1 saturated heterocycles. The molecule has 3 N–H and O–H groups in total. The second-order valence-corrected chi connectivity index (χ2v) is 5.89. The molecule has 20 heavy (non-hydrogen) atoms. The molecule has 1 aliphatic rings. The summed E-state index contributed by atoms with van der Waals surface area (Å²) in [7, 11) is 0. The third kappa shape index (κ3) is 4.28. The van der Waals surface area contributed by atoms with Gasteiger partial charge in [0.25, 0.3) is 0 Å². The number of benzene rings is 1. The minimum Gasteiger partial charge on any atom is -0.395 e. The molecule has 1 heterocycles. The first-order valence-electron chi connectivity index (χ1n) is 7.46. The van der Waals surface area contributed by atoms with Crippen LogP contribution in [0.3, 0.4) is 0 Å². The Kier molecular flexibility index (Phi) is 5.54. The van der Waals surface area contributed by atoms with Gasteiger partial charge in [-0.3, -0.25) is 4.90 Å². The summed E-state index contributed by atoms with van der Waals surface area (Å²) < 4.78 is 0. The Morgan fingerprint density at radius 2 is 2.10 bits per heavy atom. The van der Waals surface area contributed by atoms with Crippen molar-refractivity contribution in [1.82, 2.24) is 10.2 Å². The maximum Gasteiger partial charge on any atom is 0.0994 e. The van der Waals surface area contributed by atoms with Crippen LogP contribution >= 0.6 is 0 Å². The molecule has 1 aromatic carbocycles. The minimum absolute atomic E-state index is 0.123. The van der Waals surface area contributed by atoms with Gasteiger partial charge in [0.1, 0.15) is 0 Å². The lowest BCUT2D eigenvalue weighted by Crippen LogP contribution is -2.45. The van der Waals surface area contributed by atoms with Gasteiger partial charge in [0.15, 0.2) is 0 Å². The van der Waals surface area contributed by atoms with E-state index in [9.17, 15) is 10.2 Å². The highest BCUT2D eigenvalue weighted by Gasteiger charge is 2.27. The Morgan fingerprint density at radius 1 is 1.35 bits per heavy atom. The lowest BCUT2D eigenvalue weighted by Gasteiger charge is -2.33. The van der Waals surface area contributed by atoms with E-state index in [1.54, 1.807) is 0 Å². The molecule has 2 atom stereocenters. The molecule has 0 spiro atoms. The van der Waals surface area contributed by atoms with Crippen molar-refractivity contribution in [2.24, 2.45) is 0 Å². The van der Waals surface area contributed by atoms with E-state index in [1.165, 1.54) is 12.8 Å². The van der Waals surface area contributed by atoms with Crippen LogP contribution in [0.2, 0.25) is 0 Å². The highest BCUT2D eigenvalue weighted by atomic mass is 16.3. The van der Waals surface area contributed by atoms with Crippen LogP contribution in [0.15, 0.2) is 30.3 Å². The van der Waals surface area contributed by atoms with Gasteiger partial charge < -0.3 is 15.5 Å². The predicted octanol–water partition coefficient (Wildman–Crippen LogP) is 0.940. The Labute approximate surface area is 121 Å². The van der Waals surface area contributed by atoms with Crippen molar-refractivity contribution in [3.05, 3.63) is 35.9 Å². The van der Waals surface area contributed by atoms with Crippen molar-refractivity contribution in [2.75, 3.05) is 32.8 Å². The molecule has 4 nitrogen and oxygen atoms in total. The normalized spacial score (nSPS) is 22.1. The van der Waals surface area contributed by atoms with Gasteiger partial charge in [-0.05, 0) is 31.9 Å². The van der Waals surface area contributed by atoms with Crippen molar-refractivity contribution >= 4 is 0 Å². The molecule has 1 aromatic rings. The number of hydrogen-bond acceptors (Lipinski definition) is 4. The van der Waals surface area contributed by atoms with E-state index in [2.05, 4.69) is 10.2 Å². The second-order valence-electron chi connectivity index (χ2n) is 5.89. The minimum atomic E-state index is -0.894. The zero-order valence-corrected chi connectivity index (χ0v) is 12.3. The van der Waals surface area contributed by atoms with Gasteiger partial charge >= 0.3 is 0 Å². The number of aliphatic hydroxyl groups excluding tert-OH is 1. The summed E-state index contributed by atoms with van der Waals surface area (Å²) in [5.74, 6) is 0. The van der Waals surface area contributed by atoms with Crippen molar-refractivity contribution in [3.8, 4) is 0 Å². The number of hydrogen-bond donors (Lipinski definition) is 3. The van der Waals surface area contributed by atoms with Crippen molar-refractivity contribution in [2.45, 2.75) is 31.4 Å². The summed E-state index contributed by atoms with van der Waals surface area (Å²) >= 11 is 0. The summed E-state index contributed by atoms with van der Waals surface area (Å²) in [6.07, 6.45) is 2.39. The van der Waals surface area contributed by atoms with Crippen LogP contribution in [0.25, 0.3) is 0 Å². The second kappa shape index (κ2) is 7.18. The summed E-state index contributed by atoms with van der Waals surface area (Å²) in [4.78, 5) is 2.15. The molecule has 112 valence electrons. The molecule has 2 rings (SSSR count). The Balaban J connectivity index is 1.98. The first-order valence-corrected chi connectivity index (χ1v) is 7.46. The van der Waals surface area contributed by atoms with E-state index in [1.807, 2.05) is 37.3 Å². The molecule has 0 aromatic heterocycles. The highest BCUT2D eigenvalue weighted by Crippen LogP contribution is 2.22. The zero-order chi connectivity index (χ0) is 14.4. The average Bonchev–Trinajstić information content (AvgIpc) is 2.92. The van der Waals surface area contributed by atoms with Gasteiger partial charge in [-0.1, -0.05) is 30.3 Å². The SMILES string of the molecule is CC(O)(CN(CCO)CC1CCCN1)c1ccccc1. The lowest BCUT2D eigenvalue weighted by atomic mass is 9.95. The Hall–Kier alpha value is -0.940. The van der Waals surface area contributed by atoms with Gasteiger partial charge in [-0.15, -0.1) is 0 Å². The Bertz CT molecular complexity index is 389. The van der Waals surface area contributed by atoms with Crippen LogP contribution in [0.1, 0.15) is 25.3 Å². The smallest absolute Gasteiger partial charge is 0.0994 e. The first-order chi connectivity index (χ1) is 9.62. The maximum atomic E-state index is 10.7. The molecule has 0 saturated carbocycles. The third-order valence-electron chi connectivity index (χ3n) is 3.98. The maximum absolute atomic E-state index is 10.7.